The lowest BCUT2D eigenvalue weighted by Crippen LogP contribution is -2.54. The molecule has 1 aromatic carbocycles. The van der Waals surface area contributed by atoms with Crippen LogP contribution in [0, 0.1) is 5.92 Å². The van der Waals surface area contributed by atoms with E-state index in [1.54, 1.807) is 10.9 Å². The Hall–Kier alpha value is -3.62. The quantitative estimate of drug-likeness (QED) is 0.711. The molecule has 1 fully saturated rings. The molecule has 2 aliphatic rings. The first-order valence-corrected chi connectivity index (χ1v) is 8.99. The highest BCUT2D eigenvalue weighted by atomic mass is 16.7. The van der Waals surface area contributed by atoms with Gasteiger partial charge in [0, 0.05) is 38.1 Å². The summed E-state index contributed by atoms with van der Waals surface area (Å²) in [6.45, 7) is 1.96. The smallest absolute Gasteiger partial charge is 0.231 e. The van der Waals surface area contributed by atoms with Crippen LogP contribution in [0.4, 0.5) is 5.82 Å². The number of anilines is 1. The van der Waals surface area contributed by atoms with Gasteiger partial charge in [0.15, 0.2) is 17.3 Å². The van der Waals surface area contributed by atoms with Crippen LogP contribution in [0.3, 0.4) is 0 Å². The van der Waals surface area contributed by atoms with Gasteiger partial charge in [-0.25, -0.2) is 14.6 Å². The highest BCUT2D eigenvalue weighted by molar-refractivity contribution is 5.81. The molecule has 0 atom stereocenters. The van der Waals surface area contributed by atoms with Crippen molar-refractivity contribution in [1.82, 2.24) is 25.1 Å². The van der Waals surface area contributed by atoms with Crippen LogP contribution < -0.4 is 19.7 Å². The molecule has 5 rings (SSSR count). The van der Waals surface area contributed by atoms with Crippen LogP contribution in [0.5, 0.6) is 11.5 Å². The molecule has 9 nitrogen and oxygen atoms in total. The van der Waals surface area contributed by atoms with Crippen LogP contribution in [0.2, 0.25) is 0 Å². The third-order valence-electron chi connectivity index (χ3n) is 4.86. The van der Waals surface area contributed by atoms with Crippen molar-refractivity contribution < 1.29 is 14.3 Å². The maximum absolute atomic E-state index is 12.4. The van der Waals surface area contributed by atoms with Gasteiger partial charge in [0.2, 0.25) is 12.7 Å². The zero-order chi connectivity index (χ0) is 18.9. The second-order valence-electron chi connectivity index (χ2n) is 6.69. The van der Waals surface area contributed by atoms with E-state index in [9.17, 15) is 4.79 Å². The Morgan fingerprint density at radius 3 is 2.86 bits per heavy atom. The van der Waals surface area contributed by atoms with Gasteiger partial charge in [-0.3, -0.25) is 4.79 Å². The first kappa shape index (κ1) is 16.5. The fraction of sp³-hybridized carbons (Fsp3) is 0.263. The number of ether oxygens (including phenoxy) is 2. The van der Waals surface area contributed by atoms with E-state index >= 15 is 0 Å². The number of nitrogens with zero attached hydrogens (tertiary/aromatic N) is 5. The highest BCUT2D eigenvalue weighted by Crippen LogP contribution is 2.32. The van der Waals surface area contributed by atoms with Crippen molar-refractivity contribution in [2.45, 2.75) is 6.54 Å². The van der Waals surface area contributed by atoms with Gasteiger partial charge in [-0.15, -0.1) is 0 Å². The maximum atomic E-state index is 12.4. The third kappa shape index (κ3) is 3.11. The summed E-state index contributed by atoms with van der Waals surface area (Å²) < 4.78 is 12.3. The molecule has 0 aliphatic carbocycles. The standard InChI is InChI=1S/C19H18N6O3/c26-19(20-8-13-2-3-15-16(6-13)28-12-27-15)14-9-24(10-14)17-7-18(22-11-21-17)25-5-1-4-23-25/h1-7,11,14H,8-10,12H2,(H,20,26). The SMILES string of the molecule is O=C(NCc1ccc2c(c1)OCO2)C1CN(c2cc(-n3cccn3)ncn2)C1. The molecule has 2 aromatic heterocycles. The molecule has 0 radical (unpaired) electrons. The molecule has 4 heterocycles. The Labute approximate surface area is 160 Å². The number of carbonyl (C=O) groups is 1. The van der Waals surface area contributed by atoms with Crippen LogP contribution in [0.15, 0.2) is 49.1 Å². The van der Waals surface area contributed by atoms with Gasteiger partial charge >= 0.3 is 0 Å². The van der Waals surface area contributed by atoms with E-state index in [0.717, 1.165) is 22.9 Å². The van der Waals surface area contributed by atoms with E-state index in [2.05, 4.69) is 25.3 Å². The normalized spacial score (nSPS) is 15.4. The third-order valence-corrected chi connectivity index (χ3v) is 4.86. The first-order chi connectivity index (χ1) is 13.8. The minimum Gasteiger partial charge on any atom is -0.454 e. The maximum Gasteiger partial charge on any atom is 0.231 e. The molecule has 0 saturated carbocycles. The number of rotatable bonds is 5. The van der Waals surface area contributed by atoms with Crippen molar-refractivity contribution in [2.75, 3.05) is 24.8 Å². The van der Waals surface area contributed by atoms with E-state index in [-0.39, 0.29) is 18.6 Å². The molecule has 1 saturated heterocycles. The van der Waals surface area contributed by atoms with Crippen molar-refractivity contribution in [3.8, 4) is 17.3 Å². The summed E-state index contributed by atoms with van der Waals surface area (Å²) >= 11 is 0. The molecule has 0 spiro atoms. The lowest BCUT2D eigenvalue weighted by molar-refractivity contribution is -0.125. The van der Waals surface area contributed by atoms with Crippen molar-refractivity contribution in [1.29, 1.82) is 0 Å². The number of benzene rings is 1. The van der Waals surface area contributed by atoms with Crippen molar-refractivity contribution >= 4 is 11.7 Å². The average molecular weight is 378 g/mol. The van der Waals surface area contributed by atoms with E-state index in [0.29, 0.717) is 25.5 Å². The predicted molar refractivity (Wildman–Crippen MR) is 99.3 cm³/mol. The lowest BCUT2D eigenvalue weighted by Gasteiger charge is -2.39. The van der Waals surface area contributed by atoms with Gasteiger partial charge in [-0.1, -0.05) is 6.07 Å². The lowest BCUT2D eigenvalue weighted by atomic mass is 9.99. The molecule has 9 heteroatoms. The number of aromatic nitrogens is 4. The van der Waals surface area contributed by atoms with E-state index < -0.39 is 0 Å². The molecule has 1 amide bonds. The van der Waals surface area contributed by atoms with E-state index in [1.807, 2.05) is 36.5 Å². The van der Waals surface area contributed by atoms with E-state index in [1.165, 1.54) is 6.33 Å². The largest absolute Gasteiger partial charge is 0.454 e. The Morgan fingerprint density at radius 1 is 1.14 bits per heavy atom. The summed E-state index contributed by atoms with van der Waals surface area (Å²) in [5, 5.41) is 7.16. The van der Waals surface area contributed by atoms with Crippen LogP contribution in [-0.2, 0) is 11.3 Å². The molecule has 1 N–H and O–H groups in total. The summed E-state index contributed by atoms with van der Waals surface area (Å²) in [6.07, 6.45) is 5.04. The van der Waals surface area contributed by atoms with Crippen molar-refractivity contribution in [3.05, 3.63) is 54.6 Å². The zero-order valence-corrected chi connectivity index (χ0v) is 15.0. The van der Waals surface area contributed by atoms with Crippen LogP contribution in [-0.4, -0.2) is 45.5 Å². The zero-order valence-electron chi connectivity index (χ0n) is 15.0. The van der Waals surface area contributed by atoms with Crippen molar-refractivity contribution in [3.63, 3.8) is 0 Å². The average Bonchev–Trinajstić information content (AvgIpc) is 3.37. The number of fused-ring (bicyclic) bond motifs is 1. The predicted octanol–water partition coefficient (Wildman–Crippen LogP) is 1.14. The monoisotopic (exact) mass is 378 g/mol. The molecule has 0 bridgehead atoms. The van der Waals surface area contributed by atoms with Gasteiger partial charge < -0.3 is 19.7 Å². The summed E-state index contributed by atoms with van der Waals surface area (Å²) in [5.74, 6) is 2.93. The fourth-order valence-corrected chi connectivity index (χ4v) is 3.26. The summed E-state index contributed by atoms with van der Waals surface area (Å²) in [4.78, 5) is 23.0. The Bertz CT molecular complexity index is 1000. The minimum absolute atomic E-state index is 0.0373. The Balaban J connectivity index is 1.16. The first-order valence-electron chi connectivity index (χ1n) is 8.99. The minimum atomic E-state index is -0.0582. The summed E-state index contributed by atoms with van der Waals surface area (Å²) in [5.41, 5.74) is 0.980. The molecule has 2 aliphatic heterocycles. The van der Waals surface area contributed by atoms with Gasteiger partial charge in [-0.05, 0) is 23.8 Å². The Morgan fingerprint density at radius 2 is 2.00 bits per heavy atom. The fourth-order valence-electron chi connectivity index (χ4n) is 3.26. The van der Waals surface area contributed by atoms with Gasteiger partial charge in [0.05, 0.1) is 5.92 Å². The molecule has 28 heavy (non-hydrogen) atoms. The van der Waals surface area contributed by atoms with Gasteiger partial charge in [-0.2, -0.15) is 5.10 Å². The second kappa shape index (κ2) is 6.84. The number of amides is 1. The molecule has 142 valence electrons. The van der Waals surface area contributed by atoms with Gasteiger partial charge in [0.1, 0.15) is 12.1 Å². The second-order valence-corrected chi connectivity index (χ2v) is 6.69. The highest BCUT2D eigenvalue weighted by Gasteiger charge is 2.33. The number of carbonyl (C=O) groups excluding carboxylic acids is 1. The molecule has 0 unspecified atom stereocenters. The number of hydrogen-bond acceptors (Lipinski definition) is 7. The molecular formula is C19H18N6O3. The topological polar surface area (TPSA) is 94.4 Å². The summed E-state index contributed by atoms with van der Waals surface area (Å²) in [6, 6.07) is 9.40. The number of hydrogen-bond donors (Lipinski definition) is 1. The summed E-state index contributed by atoms with van der Waals surface area (Å²) in [7, 11) is 0. The van der Waals surface area contributed by atoms with Crippen LogP contribution in [0.1, 0.15) is 5.56 Å². The molecule has 3 aromatic rings. The van der Waals surface area contributed by atoms with Gasteiger partial charge in [0.25, 0.3) is 0 Å². The molecular weight excluding hydrogens is 360 g/mol. The van der Waals surface area contributed by atoms with Crippen molar-refractivity contribution in [2.24, 2.45) is 5.92 Å². The van der Waals surface area contributed by atoms with Crippen LogP contribution in [0.25, 0.3) is 5.82 Å². The van der Waals surface area contributed by atoms with E-state index in [4.69, 9.17) is 9.47 Å². The Kier molecular flexibility index (Phi) is 4.04. The number of nitrogens with one attached hydrogen (secondary N) is 1. The van der Waals surface area contributed by atoms with Crippen LogP contribution >= 0.6 is 0 Å².